The van der Waals surface area contributed by atoms with Gasteiger partial charge < -0.3 is 24.5 Å². The van der Waals surface area contributed by atoms with E-state index in [9.17, 15) is 4.79 Å². The lowest BCUT2D eigenvalue weighted by Gasteiger charge is -2.33. The summed E-state index contributed by atoms with van der Waals surface area (Å²) in [5.41, 5.74) is 0.936. The van der Waals surface area contributed by atoms with E-state index in [1.54, 1.807) is 20.5 Å². The maximum Gasteiger partial charge on any atom is 0.315 e. The number of nitrogens with zero attached hydrogens (tertiary/aromatic N) is 1. The summed E-state index contributed by atoms with van der Waals surface area (Å²) in [5, 5.41) is 5.88. The number of nitrogens with one attached hydrogen (secondary N) is 2. The number of rotatable bonds is 8. The number of likely N-dealkylation sites (tertiary alicyclic amines) is 1. The minimum absolute atomic E-state index is 0.0575. The number of urea groups is 1. The van der Waals surface area contributed by atoms with Gasteiger partial charge in [-0.1, -0.05) is 12.5 Å². The van der Waals surface area contributed by atoms with Gasteiger partial charge in [0.1, 0.15) is 5.76 Å². The van der Waals surface area contributed by atoms with Crippen molar-refractivity contribution < 1.29 is 18.7 Å². The third kappa shape index (κ3) is 5.19. The molecule has 2 aromatic rings. The summed E-state index contributed by atoms with van der Waals surface area (Å²) in [6, 6.07) is 9.31. The lowest BCUT2D eigenvalue weighted by Crippen LogP contribution is -2.43. The van der Waals surface area contributed by atoms with E-state index in [2.05, 4.69) is 15.5 Å². The molecule has 1 atom stereocenters. The van der Waals surface area contributed by atoms with Gasteiger partial charge >= 0.3 is 6.03 Å². The number of hydrogen-bond donors (Lipinski definition) is 2. The van der Waals surface area contributed by atoms with Crippen molar-refractivity contribution in [3.8, 4) is 11.5 Å². The molecule has 2 heterocycles. The molecule has 2 amide bonds. The summed E-state index contributed by atoms with van der Waals surface area (Å²) in [5.74, 6) is 2.20. The van der Waals surface area contributed by atoms with Gasteiger partial charge in [0.25, 0.3) is 0 Å². The van der Waals surface area contributed by atoms with E-state index in [4.69, 9.17) is 13.9 Å². The van der Waals surface area contributed by atoms with Crippen LogP contribution in [0, 0.1) is 0 Å². The Morgan fingerprint density at radius 1 is 1.11 bits per heavy atom. The maximum absolute atomic E-state index is 12.3. The molecule has 1 aliphatic heterocycles. The van der Waals surface area contributed by atoms with Crippen molar-refractivity contribution >= 4 is 6.03 Å². The maximum atomic E-state index is 12.3. The molecule has 1 fully saturated rings. The Bertz CT molecular complexity index is 742. The average molecular weight is 387 g/mol. The van der Waals surface area contributed by atoms with E-state index in [-0.39, 0.29) is 12.1 Å². The lowest BCUT2D eigenvalue weighted by molar-refractivity contribution is 0.143. The highest BCUT2D eigenvalue weighted by Crippen LogP contribution is 2.27. The zero-order chi connectivity index (χ0) is 19.8. The lowest BCUT2D eigenvalue weighted by atomic mass is 10.1. The first-order valence-electron chi connectivity index (χ1n) is 9.71. The van der Waals surface area contributed by atoms with Crippen LogP contribution in [0.25, 0.3) is 0 Å². The molecule has 7 heteroatoms. The van der Waals surface area contributed by atoms with Crippen LogP contribution >= 0.6 is 0 Å². The quantitative estimate of drug-likeness (QED) is 0.727. The summed E-state index contributed by atoms with van der Waals surface area (Å²) < 4.78 is 16.2. The number of benzene rings is 1. The van der Waals surface area contributed by atoms with Crippen LogP contribution < -0.4 is 20.1 Å². The summed E-state index contributed by atoms with van der Waals surface area (Å²) in [7, 11) is 3.19. The van der Waals surface area contributed by atoms with Crippen molar-refractivity contribution in [1.29, 1.82) is 0 Å². The SMILES string of the molecule is COc1ccc(CNC(=O)NCC(c2ccco2)N2CCCCC2)cc1OC. The Morgan fingerprint density at radius 2 is 1.89 bits per heavy atom. The summed E-state index contributed by atoms with van der Waals surface area (Å²) in [6.07, 6.45) is 5.31. The second-order valence-corrected chi connectivity index (χ2v) is 6.88. The third-order valence-corrected chi connectivity index (χ3v) is 5.06. The van der Waals surface area contributed by atoms with Crippen LogP contribution in [0.3, 0.4) is 0 Å². The van der Waals surface area contributed by atoms with Gasteiger partial charge in [-0.2, -0.15) is 0 Å². The molecule has 0 bridgehead atoms. The van der Waals surface area contributed by atoms with Crippen molar-refractivity contribution in [1.82, 2.24) is 15.5 Å². The Kier molecular flexibility index (Phi) is 7.19. The van der Waals surface area contributed by atoms with E-state index >= 15 is 0 Å². The van der Waals surface area contributed by atoms with Crippen LogP contribution in [0.1, 0.15) is 36.6 Å². The Balaban J connectivity index is 1.53. The van der Waals surface area contributed by atoms with Gasteiger partial charge in [0, 0.05) is 13.1 Å². The molecule has 7 nitrogen and oxygen atoms in total. The number of ether oxygens (including phenoxy) is 2. The van der Waals surface area contributed by atoms with E-state index in [0.717, 1.165) is 24.4 Å². The van der Waals surface area contributed by atoms with Crippen molar-refractivity contribution in [3.63, 3.8) is 0 Å². The summed E-state index contributed by atoms with van der Waals surface area (Å²) in [6.45, 7) is 2.97. The largest absolute Gasteiger partial charge is 0.493 e. The summed E-state index contributed by atoms with van der Waals surface area (Å²) in [4.78, 5) is 14.7. The van der Waals surface area contributed by atoms with Gasteiger partial charge in [-0.15, -0.1) is 0 Å². The zero-order valence-corrected chi connectivity index (χ0v) is 16.6. The first-order valence-corrected chi connectivity index (χ1v) is 9.71. The first-order chi connectivity index (χ1) is 13.7. The molecular weight excluding hydrogens is 358 g/mol. The number of carbonyl (C=O) groups excluding carboxylic acids is 1. The van der Waals surface area contributed by atoms with Gasteiger partial charge in [0.15, 0.2) is 11.5 Å². The van der Waals surface area contributed by atoms with Crippen LogP contribution in [0.2, 0.25) is 0 Å². The van der Waals surface area contributed by atoms with Gasteiger partial charge in [-0.05, 0) is 55.8 Å². The second-order valence-electron chi connectivity index (χ2n) is 6.88. The van der Waals surface area contributed by atoms with E-state index in [1.807, 2.05) is 30.3 Å². The second kappa shape index (κ2) is 10.0. The highest BCUT2D eigenvalue weighted by molar-refractivity contribution is 5.73. The highest BCUT2D eigenvalue weighted by atomic mass is 16.5. The topological polar surface area (TPSA) is 76.0 Å². The fourth-order valence-electron chi connectivity index (χ4n) is 3.55. The molecule has 1 aromatic heterocycles. The number of methoxy groups -OCH3 is 2. The molecule has 0 aliphatic carbocycles. The van der Waals surface area contributed by atoms with Crippen LogP contribution in [0.5, 0.6) is 11.5 Å². The molecule has 2 N–H and O–H groups in total. The molecule has 1 aliphatic rings. The van der Waals surface area contributed by atoms with Gasteiger partial charge in [-0.25, -0.2) is 4.79 Å². The van der Waals surface area contributed by atoms with Crippen LogP contribution in [0.15, 0.2) is 41.0 Å². The predicted octanol–water partition coefficient (Wildman–Crippen LogP) is 3.32. The van der Waals surface area contributed by atoms with Crippen LogP contribution in [-0.4, -0.2) is 44.8 Å². The van der Waals surface area contributed by atoms with E-state index in [0.29, 0.717) is 24.6 Å². The molecule has 1 aromatic carbocycles. The van der Waals surface area contributed by atoms with Gasteiger partial charge in [0.05, 0.1) is 26.5 Å². The van der Waals surface area contributed by atoms with Crippen LogP contribution in [0.4, 0.5) is 4.79 Å². The molecular formula is C21H29N3O4. The molecule has 152 valence electrons. The standard InChI is InChI=1S/C21H29N3O4/c1-26-19-9-8-16(13-20(19)27-2)14-22-21(25)23-15-17(18-7-6-12-28-18)24-10-4-3-5-11-24/h6-9,12-13,17H,3-5,10-11,14-15H2,1-2H3,(H2,22,23,25). The van der Waals surface area contributed by atoms with Crippen molar-refractivity contribution in [2.24, 2.45) is 0 Å². The highest BCUT2D eigenvalue weighted by Gasteiger charge is 2.24. The monoisotopic (exact) mass is 387 g/mol. The van der Waals surface area contributed by atoms with Gasteiger partial charge in [0.2, 0.25) is 0 Å². The Morgan fingerprint density at radius 3 is 2.57 bits per heavy atom. The minimum Gasteiger partial charge on any atom is -0.493 e. The minimum atomic E-state index is -0.205. The Labute approximate surface area is 166 Å². The fraction of sp³-hybridized carbons (Fsp3) is 0.476. The molecule has 1 saturated heterocycles. The number of amides is 2. The van der Waals surface area contributed by atoms with Crippen molar-refractivity contribution in [2.75, 3.05) is 33.9 Å². The smallest absolute Gasteiger partial charge is 0.315 e. The number of carbonyl (C=O) groups is 1. The van der Waals surface area contributed by atoms with Crippen molar-refractivity contribution in [3.05, 3.63) is 47.9 Å². The Hall–Kier alpha value is -2.67. The molecule has 0 spiro atoms. The van der Waals surface area contributed by atoms with E-state index < -0.39 is 0 Å². The zero-order valence-electron chi connectivity index (χ0n) is 16.6. The van der Waals surface area contributed by atoms with Crippen LogP contribution in [-0.2, 0) is 6.54 Å². The number of piperidine rings is 1. The third-order valence-electron chi connectivity index (χ3n) is 5.06. The molecule has 0 radical (unpaired) electrons. The molecule has 0 saturated carbocycles. The van der Waals surface area contributed by atoms with Crippen molar-refractivity contribution in [2.45, 2.75) is 31.8 Å². The summed E-state index contributed by atoms with van der Waals surface area (Å²) >= 11 is 0. The van der Waals surface area contributed by atoms with E-state index in [1.165, 1.54) is 19.3 Å². The van der Waals surface area contributed by atoms with Gasteiger partial charge in [-0.3, -0.25) is 4.90 Å². The molecule has 28 heavy (non-hydrogen) atoms. The predicted molar refractivity (Wildman–Crippen MR) is 107 cm³/mol. The first kappa shape index (κ1) is 20.1. The number of furan rings is 1. The number of hydrogen-bond acceptors (Lipinski definition) is 5. The normalized spacial score (nSPS) is 15.6. The average Bonchev–Trinajstić information content (AvgIpc) is 3.27. The molecule has 3 rings (SSSR count). The fourth-order valence-corrected chi connectivity index (χ4v) is 3.55. The molecule has 1 unspecified atom stereocenters.